The fourth-order valence-corrected chi connectivity index (χ4v) is 3.37. The Morgan fingerprint density at radius 3 is 2.14 bits per heavy atom. The highest BCUT2D eigenvalue weighted by atomic mass is 79.9. The molecule has 5 nitrogen and oxygen atoms in total. The van der Waals surface area contributed by atoms with Crippen molar-refractivity contribution in [3.8, 4) is 0 Å². The number of nitrogens with zero attached hydrogens (tertiary/aromatic N) is 4. The second-order valence-electron chi connectivity index (χ2n) is 5.00. The van der Waals surface area contributed by atoms with Crippen LogP contribution in [0.25, 0.3) is 32.2 Å². The van der Waals surface area contributed by atoms with E-state index in [9.17, 15) is 5.11 Å². The smallest absolute Gasteiger partial charge is 0.0775 e. The summed E-state index contributed by atoms with van der Waals surface area (Å²) in [5, 5.41) is 15.7. The number of aliphatic hydroxyl groups excluding tert-OH is 1. The Hall–Kier alpha value is -1.53. The predicted molar refractivity (Wildman–Crippen MR) is 94.9 cm³/mol. The predicted octanol–water partition coefficient (Wildman–Crippen LogP) is 4.99. The third kappa shape index (κ3) is 2.85. The van der Waals surface area contributed by atoms with E-state index in [0.717, 1.165) is 30.8 Å². The van der Waals surface area contributed by atoms with E-state index in [0.29, 0.717) is 6.54 Å². The van der Waals surface area contributed by atoms with Gasteiger partial charge in [-0.2, -0.15) is 0 Å². The van der Waals surface area contributed by atoms with Crippen LogP contribution in [0.3, 0.4) is 0 Å². The summed E-state index contributed by atoms with van der Waals surface area (Å²) in [5.74, 6) is 0. The maximum Gasteiger partial charge on any atom is 0.0775 e. The van der Waals surface area contributed by atoms with Gasteiger partial charge < -0.3 is 9.67 Å². The summed E-state index contributed by atoms with van der Waals surface area (Å²) in [6, 6.07) is 12.1. The van der Waals surface area contributed by atoms with Crippen LogP contribution in [0.1, 0.15) is 0 Å². The molecule has 0 saturated heterocycles. The molecule has 0 saturated carbocycles. The number of aliphatic hydroxyl groups is 1. The van der Waals surface area contributed by atoms with Crippen LogP contribution < -0.4 is 0 Å². The van der Waals surface area contributed by atoms with E-state index >= 15 is 0 Å². The molecule has 0 aliphatic heterocycles. The normalized spacial score (nSPS) is 12.5. The van der Waals surface area contributed by atoms with Crippen molar-refractivity contribution in [2.24, 2.45) is 5.11 Å². The second kappa shape index (κ2) is 6.30. The molecule has 0 aliphatic carbocycles. The van der Waals surface area contributed by atoms with Gasteiger partial charge >= 0.3 is 0 Å². The van der Waals surface area contributed by atoms with Gasteiger partial charge in [-0.3, -0.25) is 0 Å². The van der Waals surface area contributed by atoms with Crippen LogP contribution in [0.15, 0.2) is 50.5 Å². The molecule has 3 rings (SSSR count). The Labute approximate surface area is 143 Å². The van der Waals surface area contributed by atoms with Gasteiger partial charge in [-0.1, -0.05) is 37.0 Å². The summed E-state index contributed by atoms with van der Waals surface area (Å²) in [4.78, 5) is 2.70. The van der Waals surface area contributed by atoms with E-state index in [1.54, 1.807) is 0 Å². The number of halogens is 2. The number of hydrogen-bond donors (Lipinski definition) is 1. The molecule has 1 N–H and O–H groups in total. The zero-order chi connectivity index (χ0) is 15.7. The molecule has 7 heteroatoms. The van der Waals surface area contributed by atoms with Crippen LogP contribution in [0.5, 0.6) is 0 Å². The Kier molecular flexibility index (Phi) is 4.40. The van der Waals surface area contributed by atoms with Crippen molar-refractivity contribution < 1.29 is 5.11 Å². The summed E-state index contributed by atoms with van der Waals surface area (Å²) in [5.41, 5.74) is 10.5. The van der Waals surface area contributed by atoms with Crippen molar-refractivity contribution in [1.82, 2.24) is 4.57 Å². The summed E-state index contributed by atoms with van der Waals surface area (Å²) in [7, 11) is 0. The zero-order valence-corrected chi connectivity index (χ0v) is 14.6. The van der Waals surface area contributed by atoms with Crippen molar-refractivity contribution in [3.63, 3.8) is 0 Å². The van der Waals surface area contributed by atoms with E-state index in [4.69, 9.17) is 5.53 Å². The minimum atomic E-state index is -0.720. The minimum absolute atomic E-state index is 0.0602. The third-order valence-electron chi connectivity index (χ3n) is 3.54. The molecule has 2 aromatic carbocycles. The molecule has 1 aromatic heterocycles. The summed E-state index contributed by atoms with van der Waals surface area (Å²) >= 11 is 7.01. The zero-order valence-electron chi connectivity index (χ0n) is 11.4. The summed E-state index contributed by atoms with van der Waals surface area (Å²) < 4.78 is 4.07. The molecule has 0 amide bonds. The van der Waals surface area contributed by atoms with Gasteiger partial charge in [0.25, 0.3) is 0 Å². The van der Waals surface area contributed by atoms with Crippen molar-refractivity contribution in [3.05, 3.63) is 55.8 Å². The van der Waals surface area contributed by atoms with Crippen LogP contribution in [0, 0.1) is 0 Å². The first-order valence-electron chi connectivity index (χ1n) is 6.66. The Bertz CT molecular complexity index is 840. The van der Waals surface area contributed by atoms with Crippen molar-refractivity contribution in [1.29, 1.82) is 0 Å². The molecule has 0 spiro atoms. The fraction of sp³-hybridized carbons (Fsp3) is 0.200. The van der Waals surface area contributed by atoms with E-state index < -0.39 is 6.10 Å². The molecule has 22 heavy (non-hydrogen) atoms. The number of fused-ring (bicyclic) bond motifs is 3. The fourth-order valence-electron chi connectivity index (χ4n) is 2.64. The minimum Gasteiger partial charge on any atom is -0.391 e. The molecule has 1 heterocycles. The SMILES string of the molecule is [N-]=[N+]=NCC(O)Cn1c2ccc(Br)cc2c2cc(Br)ccc21. The van der Waals surface area contributed by atoms with E-state index in [1.807, 2.05) is 24.3 Å². The van der Waals surface area contributed by atoms with Crippen LogP contribution >= 0.6 is 31.9 Å². The van der Waals surface area contributed by atoms with Gasteiger partial charge in [0.05, 0.1) is 12.6 Å². The van der Waals surface area contributed by atoms with Gasteiger partial charge in [-0.15, -0.1) is 0 Å². The van der Waals surface area contributed by atoms with Gasteiger partial charge in [0.2, 0.25) is 0 Å². The lowest BCUT2D eigenvalue weighted by atomic mass is 10.2. The van der Waals surface area contributed by atoms with Gasteiger partial charge in [0.1, 0.15) is 0 Å². The Balaban J connectivity index is 2.20. The molecular formula is C15H12Br2N4O. The third-order valence-corrected chi connectivity index (χ3v) is 4.52. The maximum atomic E-state index is 10.1. The molecule has 3 aromatic rings. The second-order valence-corrected chi connectivity index (χ2v) is 6.83. The Morgan fingerprint density at radius 1 is 1.09 bits per heavy atom. The first-order valence-corrected chi connectivity index (χ1v) is 8.24. The van der Waals surface area contributed by atoms with Crippen molar-refractivity contribution >= 4 is 53.7 Å². The van der Waals surface area contributed by atoms with Crippen LogP contribution in [-0.4, -0.2) is 22.3 Å². The lowest BCUT2D eigenvalue weighted by Gasteiger charge is -2.11. The highest BCUT2D eigenvalue weighted by Crippen LogP contribution is 2.33. The van der Waals surface area contributed by atoms with Gasteiger partial charge in [-0.05, 0) is 41.9 Å². The largest absolute Gasteiger partial charge is 0.391 e. The molecule has 0 radical (unpaired) electrons. The summed E-state index contributed by atoms with van der Waals surface area (Å²) in [6.07, 6.45) is -0.720. The van der Waals surface area contributed by atoms with Crippen LogP contribution in [0.4, 0.5) is 0 Å². The average molecular weight is 424 g/mol. The quantitative estimate of drug-likeness (QED) is 0.358. The molecule has 0 fully saturated rings. The topological polar surface area (TPSA) is 73.9 Å². The Morgan fingerprint density at radius 2 is 1.64 bits per heavy atom. The first-order chi connectivity index (χ1) is 10.6. The molecule has 0 bridgehead atoms. The molecule has 1 unspecified atom stereocenters. The number of benzene rings is 2. The van der Waals surface area contributed by atoms with Crippen LogP contribution in [-0.2, 0) is 6.54 Å². The standard InChI is InChI=1S/C15H12Br2N4O/c16-9-1-3-14-12(5-9)13-6-10(17)2-4-15(13)21(14)8-11(22)7-19-20-18/h1-6,11,22H,7-8H2. The number of aromatic nitrogens is 1. The van der Waals surface area contributed by atoms with E-state index in [1.165, 1.54) is 0 Å². The monoisotopic (exact) mass is 422 g/mol. The van der Waals surface area contributed by atoms with Gasteiger partial charge in [-0.25, -0.2) is 0 Å². The van der Waals surface area contributed by atoms with E-state index in [2.05, 4.69) is 58.6 Å². The lowest BCUT2D eigenvalue weighted by Crippen LogP contribution is -2.18. The number of azide groups is 1. The first kappa shape index (κ1) is 15.4. The summed E-state index contributed by atoms with van der Waals surface area (Å²) in [6.45, 7) is 0.438. The molecule has 1 atom stereocenters. The number of hydrogen-bond acceptors (Lipinski definition) is 2. The van der Waals surface area contributed by atoms with Gasteiger partial charge in [0.15, 0.2) is 0 Å². The average Bonchev–Trinajstić information content (AvgIpc) is 2.78. The van der Waals surface area contributed by atoms with Crippen molar-refractivity contribution in [2.75, 3.05) is 6.54 Å². The maximum absolute atomic E-state index is 10.1. The van der Waals surface area contributed by atoms with E-state index in [-0.39, 0.29) is 6.54 Å². The lowest BCUT2D eigenvalue weighted by molar-refractivity contribution is 0.165. The highest BCUT2D eigenvalue weighted by molar-refractivity contribution is 9.10. The molecule has 0 aliphatic rings. The van der Waals surface area contributed by atoms with Crippen LogP contribution in [0.2, 0.25) is 0 Å². The molecule has 112 valence electrons. The highest BCUT2D eigenvalue weighted by Gasteiger charge is 2.14. The molecular weight excluding hydrogens is 412 g/mol. The van der Waals surface area contributed by atoms with Gasteiger partial charge in [0, 0.05) is 42.2 Å². The van der Waals surface area contributed by atoms with Crippen molar-refractivity contribution in [2.45, 2.75) is 12.6 Å². The number of rotatable bonds is 4.